The Hall–Kier alpha value is -2.46. The van der Waals surface area contributed by atoms with Crippen molar-refractivity contribution in [1.82, 2.24) is 0 Å². The van der Waals surface area contributed by atoms with Gasteiger partial charge in [-0.25, -0.2) is 9.13 Å². The smallest absolute Gasteiger partial charge is 0.462 e. The fourth-order valence-corrected chi connectivity index (χ4v) is 12.5. The van der Waals surface area contributed by atoms with Crippen LogP contribution in [0.1, 0.15) is 363 Å². The molecule has 0 saturated carbocycles. The number of rotatable bonds is 72. The van der Waals surface area contributed by atoms with E-state index < -0.39 is 97.5 Å². The van der Waals surface area contributed by atoms with Gasteiger partial charge in [0.15, 0.2) is 12.2 Å². The van der Waals surface area contributed by atoms with E-state index in [1.165, 1.54) is 161 Å². The van der Waals surface area contributed by atoms with Gasteiger partial charge in [-0.3, -0.25) is 37.3 Å². The van der Waals surface area contributed by atoms with Crippen LogP contribution in [0.2, 0.25) is 0 Å². The standard InChI is InChI=1S/C75H142O17P2/c1-7-10-12-14-16-18-20-22-24-26-30-34-38-45-51-57-72(77)85-63-70(91-74(79)59-53-47-39-35-31-27-25-23-21-19-17-15-13-11-8-2)65-89-93(81,82)87-61-69(76)62-88-94(83,84)90-66-71(64-86-73(78)58-52-46-42-41-44-50-56-68(6)9-3)92-75(80)60-54-48-40-36-32-28-29-33-37-43-49-55-67(4)5/h19,21,23,25,67-71,76H,7-18,20,22,24,26-66H2,1-6H3,(H,81,82)(H,83,84)/b21-19-,25-23-/t68?,69-,70-,71-/m1/s1. The first kappa shape index (κ1) is 91.5. The fourth-order valence-electron chi connectivity index (χ4n) is 10.9. The lowest BCUT2D eigenvalue weighted by molar-refractivity contribution is -0.161. The molecule has 0 rings (SSSR count). The van der Waals surface area contributed by atoms with Gasteiger partial charge in [0, 0.05) is 25.7 Å². The van der Waals surface area contributed by atoms with Crippen molar-refractivity contribution in [2.75, 3.05) is 39.6 Å². The van der Waals surface area contributed by atoms with Crippen molar-refractivity contribution in [1.29, 1.82) is 0 Å². The molecule has 0 aromatic heterocycles. The molecule has 0 aliphatic heterocycles. The van der Waals surface area contributed by atoms with E-state index in [1.54, 1.807) is 0 Å². The second kappa shape index (κ2) is 66.4. The van der Waals surface area contributed by atoms with Crippen LogP contribution in [0.5, 0.6) is 0 Å². The Labute approximate surface area is 573 Å². The van der Waals surface area contributed by atoms with Gasteiger partial charge in [-0.1, -0.05) is 310 Å². The number of carbonyl (C=O) groups excluding carboxylic acids is 4. The third kappa shape index (κ3) is 66.8. The lowest BCUT2D eigenvalue weighted by Crippen LogP contribution is -2.30. The van der Waals surface area contributed by atoms with Gasteiger partial charge in [-0.15, -0.1) is 0 Å². The van der Waals surface area contributed by atoms with Crippen LogP contribution in [0.15, 0.2) is 24.3 Å². The van der Waals surface area contributed by atoms with Crippen LogP contribution in [-0.2, 0) is 65.4 Å². The molecule has 554 valence electrons. The lowest BCUT2D eigenvalue weighted by Gasteiger charge is -2.21. The summed E-state index contributed by atoms with van der Waals surface area (Å²) in [5.41, 5.74) is 0. The van der Waals surface area contributed by atoms with E-state index in [0.717, 1.165) is 121 Å². The number of aliphatic hydroxyl groups excluding tert-OH is 1. The molecule has 6 atom stereocenters. The highest BCUT2D eigenvalue weighted by molar-refractivity contribution is 7.47. The second-order valence-corrected chi connectivity index (χ2v) is 30.0. The second-order valence-electron chi connectivity index (χ2n) is 27.1. The summed E-state index contributed by atoms with van der Waals surface area (Å²) >= 11 is 0. The average Bonchev–Trinajstić information content (AvgIpc) is 1.96. The van der Waals surface area contributed by atoms with Gasteiger partial charge in [-0.05, 0) is 63.2 Å². The Morgan fingerprint density at radius 2 is 0.628 bits per heavy atom. The Bertz CT molecular complexity index is 1920. The number of phosphoric acid groups is 2. The molecule has 0 bridgehead atoms. The fraction of sp³-hybridized carbons (Fsp3) is 0.893. The molecule has 0 saturated heterocycles. The summed E-state index contributed by atoms with van der Waals surface area (Å²) in [6, 6.07) is 0. The molecule has 0 spiro atoms. The highest BCUT2D eigenvalue weighted by Gasteiger charge is 2.30. The number of hydrogen-bond donors (Lipinski definition) is 3. The number of phosphoric ester groups is 2. The van der Waals surface area contributed by atoms with E-state index >= 15 is 0 Å². The van der Waals surface area contributed by atoms with Crippen LogP contribution in [0.4, 0.5) is 0 Å². The molecule has 0 fully saturated rings. The van der Waals surface area contributed by atoms with E-state index in [1.807, 2.05) is 0 Å². The summed E-state index contributed by atoms with van der Waals surface area (Å²) in [6.07, 6.45) is 56.2. The molecule has 0 heterocycles. The molecule has 0 amide bonds. The molecule has 3 N–H and O–H groups in total. The number of hydrogen-bond acceptors (Lipinski definition) is 15. The first-order chi connectivity index (χ1) is 45.4. The number of allylic oxidation sites excluding steroid dienone is 4. The Morgan fingerprint density at radius 1 is 0.351 bits per heavy atom. The zero-order valence-electron chi connectivity index (χ0n) is 60.7. The summed E-state index contributed by atoms with van der Waals surface area (Å²) in [6.45, 7) is 9.48. The van der Waals surface area contributed by atoms with Gasteiger partial charge in [0.05, 0.1) is 26.4 Å². The predicted molar refractivity (Wildman–Crippen MR) is 381 cm³/mol. The van der Waals surface area contributed by atoms with Crippen LogP contribution >= 0.6 is 15.6 Å². The molecule has 19 heteroatoms. The topological polar surface area (TPSA) is 237 Å². The summed E-state index contributed by atoms with van der Waals surface area (Å²) < 4.78 is 68.4. The maximum atomic E-state index is 13.1. The first-order valence-electron chi connectivity index (χ1n) is 38.3. The van der Waals surface area contributed by atoms with Gasteiger partial charge in [-0.2, -0.15) is 0 Å². The lowest BCUT2D eigenvalue weighted by atomic mass is 10.00. The third-order valence-electron chi connectivity index (χ3n) is 17.2. The van der Waals surface area contributed by atoms with Gasteiger partial charge in [0.2, 0.25) is 0 Å². The van der Waals surface area contributed by atoms with Crippen molar-refractivity contribution in [3.63, 3.8) is 0 Å². The van der Waals surface area contributed by atoms with Gasteiger partial charge >= 0.3 is 39.5 Å². The van der Waals surface area contributed by atoms with Crippen molar-refractivity contribution >= 4 is 39.5 Å². The maximum absolute atomic E-state index is 13.1. The summed E-state index contributed by atoms with van der Waals surface area (Å²) in [5.74, 6) is -0.655. The van der Waals surface area contributed by atoms with Crippen molar-refractivity contribution in [3.8, 4) is 0 Å². The molecule has 3 unspecified atom stereocenters. The minimum absolute atomic E-state index is 0.0853. The number of unbranched alkanes of at least 4 members (excludes halogenated alkanes) is 38. The van der Waals surface area contributed by atoms with E-state index in [4.69, 9.17) is 37.0 Å². The summed E-state index contributed by atoms with van der Waals surface area (Å²) in [4.78, 5) is 72.7. The molecule has 0 aliphatic rings. The van der Waals surface area contributed by atoms with Crippen molar-refractivity contribution in [2.45, 2.75) is 381 Å². The minimum atomic E-state index is -4.96. The first-order valence-corrected chi connectivity index (χ1v) is 41.3. The SMILES string of the molecule is CCCCCC/C=C\C=C/CCCCCCCC(=O)O[C@H](COC(=O)CCCCCCCCCCCCCCCCC)COP(=O)(O)OC[C@@H](O)COP(=O)(O)OC[C@@H](COC(=O)CCCCCCCCC(C)CC)OC(=O)CCCCCCCCCCCCCC(C)C. The Balaban J connectivity index is 5.29. The van der Waals surface area contributed by atoms with Crippen LogP contribution in [0, 0.1) is 11.8 Å². The molecule has 0 aliphatic carbocycles. The predicted octanol–water partition coefficient (Wildman–Crippen LogP) is 21.5. The Kier molecular flexibility index (Phi) is 64.7. The molecule has 17 nitrogen and oxygen atoms in total. The van der Waals surface area contributed by atoms with Crippen LogP contribution in [0.3, 0.4) is 0 Å². The van der Waals surface area contributed by atoms with Crippen molar-refractivity contribution < 1.29 is 80.2 Å². The highest BCUT2D eigenvalue weighted by atomic mass is 31.2. The van der Waals surface area contributed by atoms with Crippen LogP contribution in [-0.4, -0.2) is 96.7 Å². The summed E-state index contributed by atoms with van der Waals surface area (Å²) in [7, 11) is -9.92. The van der Waals surface area contributed by atoms with Gasteiger partial charge in [0.25, 0.3) is 0 Å². The molecular weight excluding hydrogens is 1230 g/mol. The van der Waals surface area contributed by atoms with E-state index in [0.29, 0.717) is 25.7 Å². The number of ether oxygens (including phenoxy) is 4. The van der Waals surface area contributed by atoms with E-state index in [2.05, 4.69) is 65.8 Å². The molecule has 94 heavy (non-hydrogen) atoms. The number of esters is 4. The van der Waals surface area contributed by atoms with E-state index in [9.17, 15) is 43.2 Å². The summed E-state index contributed by atoms with van der Waals surface area (Å²) in [5, 5.41) is 10.6. The van der Waals surface area contributed by atoms with Gasteiger partial charge < -0.3 is 33.8 Å². The monoisotopic (exact) mass is 1380 g/mol. The zero-order chi connectivity index (χ0) is 69.3. The quantitative estimate of drug-likeness (QED) is 0.0169. The number of carbonyl (C=O) groups is 4. The average molecular weight is 1380 g/mol. The minimum Gasteiger partial charge on any atom is -0.462 e. The van der Waals surface area contributed by atoms with Crippen molar-refractivity contribution in [2.24, 2.45) is 11.8 Å². The highest BCUT2D eigenvalue weighted by Crippen LogP contribution is 2.45. The molecule has 0 aromatic rings. The largest absolute Gasteiger partial charge is 0.472 e. The van der Waals surface area contributed by atoms with Gasteiger partial charge in [0.1, 0.15) is 19.3 Å². The van der Waals surface area contributed by atoms with Crippen molar-refractivity contribution in [3.05, 3.63) is 24.3 Å². The Morgan fingerprint density at radius 3 is 0.957 bits per heavy atom. The molecule has 0 aromatic carbocycles. The number of aliphatic hydroxyl groups is 1. The van der Waals surface area contributed by atoms with Crippen LogP contribution in [0.25, 0.3) is 0 Å². The third-order valence-corrected chi connectivity index (χ3v) is 19.1. The maximum Gasteiger partial charge on any atom is 0.472 e. The molecular formula is C75H142O17P2. The molecule has 0 radical (unpaired) electrons. The normalized spacial score (nSPS) is 14.5. The zero-order valence-corrected chi connectivity index (χ0v) is 62.5. The van der Waals surface area contributed by atoms with E-state index in [-0.39, 0.29) is 25.7 Å². The van der Waals surface area contributed by atoms with Crippen LogP contribution < -0.4 is 0 Å².